The fraction of sp³-hybridized carbons (Fsp3) is 0.263. The first-order valence-electron chi connectivity index (χ1n) is 8.21. The number of amides is 1. The SMILES string of the molecule is O=C(Cn1ccnc1)N[C@H]1CCCOc2c1ccc1ccccc21. The number of benzene rings is 2. The van der Waals surface area contributed by atoms with Gasteiger partial charge in [-0.3, -0.25) is 4.79 Å². The molecule has 1 aliphatic heterocycles. The molecule has 2 heterocycles. The fourth-order valence-corrected chi connectivity index (χ4v) is 3.25. The van der Waals surface area contributed by atoms with E-state index in [2.05, 4.69) is 34.6 Å². The molecule has 0 aliphatic carbocycles. The predicted octanol–water partition coefficient (Wildman–Crippen LogP) is 3.07. The Kier molecular flexibility index (Phi) is 3.91. The summed E-state index contributed by atoms with van der Waals surface area (Å²) in [7, 11) is 0. The number of imidazole rings is 1. The number of nitrogens with zero attached hydrogens (tertiary/aromatic N) is 2. The first-order chi connectivity index (χ1) is 11.8. The summed E-state index contributed by atoms with van der Waals surface area (Å²) in [5.74, 6) is 0.887. The van der Waals surface area contributed by atoms with Gasteiger partial charge in [-0.15, -0.1) is 0 Å². The zero-order valence-electron chi connectivity index (χ0n) is 13.3. The van der Waals surface area contributed by atoms with E-state index in [1.54, 1.807) is 23.3 Å². The summed E-state index contributed by atoms with van der Waals surface area (Å²) in [6.45, 7) is 0.954. The first-order valence-corrected chi connectivity index (χ1v) is 8.21. The van der Waals surface area contributed by atoms with Gasteiger partial charge in [0.2, 0.25) is 5.91 Å². The number of ether oxygens (including phenoxy) is 1. The highest BCUT2D eigenvalue weighted by atomic mass is 16.5. The molecule has 1 N–H and O–H groups in total. The Labute approximate surface area is 140 Å². The van der Waals surface area contributed by atoms with Gasteiger partial charge in [-0.25, -0.2) is 4.98 Å². The Balaban J connectivity index is 1.63. The van der Waals surface area contributed by atoms with Crippen LogP contribution in [0.4, 0.5) is 0 Å². The Morgan fingerprint density at radius 3 is 3.08 bits per heavy atom. The average molecular weight is 321 g/mol. The van der Waals surface area contributed by atoms with Gasteiger partial charge < -0.3 is 14.6 Å². The summed E-state index contributed by atoms with van der Waals surface area (Å²) in [6, 6.07) is 12.3. The Morgan fingerprint density at radius 1 is 1.29 bits per heavy atom. The average Bonchev–Trinajstić information content (AvgIpc) is 3.01. The molecule has 2 aromatic carbocycles. The standard InChI is InChI=1S/C19H19N3O2/c23-18(12-22-10-9-20-13-22)21-17-6-3-11-24-19-15-5-2-1-4-14(15)7-8-16(17)19/h1-2,4-5,7-10,13,17H,3,6,11-12H2,(H,21,23)/t17-/m0/s1. The van der Waals surface area contributed by atoms with Crippen LogP contribution in [0.15, 0.2) is 55.1 Å². The lowest BCUT2D eigenvalue weighted by Crippen LogP contribution is -2.31. The monoisotopic (exact) mass is 321 g/mol. The summed E-state index contributed by atoms with van der Waals surface area (Å²) in [5, 5.41) is 5.41. The van der Waals surface area contributed by atoms with Crippen LogP contribution >= 0.6 is 0 Å². The van der Waals surface area contributed by atoms with Crippen LogP contribution < -0.4 is 10.1 Å². The molecule has 0 unspecified atom stereocenters. The van der Waals surface area contributed by atoms with Crippen molar-refractivity contribution < 1.29 is 9.53 Å². The first kappa shape index (κ1) is 14.8. The van der Waals surface area contributed by atoms with Gasteiger partial charge in [0.1, 0.15) is 12.3 Å². The van der Waals surface area contributed by atoms with Crippen LogP contribution in [0.1, 0.15) is 24.4 Å². The summed E-state index contributed by atoms with van der Waals surface area (Å²) in [5.41, 5.74) is 1.06. The van der Waals surface area contributed by atoms with Crippen molar-refractivity contribution in [1.29, 1.82) is 0 Å². The molecule has 4 rings (SSSR count). The molecule has 0 saturated carbocycles. The topological polar surface area (TPSA) is 56.2 Å². The number of nitrogens with one attached hydrogen (secondary N) is 1. The van der Waals surface area contributed by atoms with Gasteiger partial charge in [-0.2, -0.15) is 0 Å². The number of hydrogen-bond acceptors (Lipinski definition) is 3. The molecular formula is C19H19N3O2. The number of carbonyl (C=O) groups is 1. The van der Waals surface area contributed by atoms with Crippen LogP contribution in [0.2, 0.25) is 0 Å². The van der Waals surface area contributed by atoms with Crippen molar-refractivity contribution in [2.45, 2.75) is 25.4 Å². The Hall–Kier alpha value is -2.82. The molecule has 5 nitrogen and oxygen atoms in total. The van der Waals surface area contributed by atoms with Crippen molar-refractivity contribution in [2.24, 2.45) is 0 Å². The molecule has 0 bridgehead atoms. The zero-order chi connectivity index (χ0) is 16.4. The molecule has 0 saturated heterocycles. The highest BCUT2D eigenvalue weighted by Gasteiger charge is 2.23. The van der Waals surface area contributed by atoms with Crippen LogP contribution in [0.5, 0.6) is 5.75 Å². The minimum Gasteiger partial charge on any atom is -0.493 e. The number of fused-ring (bicyclic) bond motifs is 3. The van der Waals surface area contributed by atoms with Crippen molar-refractivity contribution in [2.75, 3.05) is 6.61 Å². The van der Waals surface area contributed by atoms with Gasteiger partial charge in [-0.1, -0.05) is 36.4 Å². The molecular weight excluding hydrogens is 302 g/mol. The Bertz CT molecular complexity index is 858. The minimum absolute atomic E-state index is 0.0148. The number of aromatic nitrogens is 2. The van der Waals surface area contributed by atoms with E-state index in [0.29, 0.717) is 6.61 Å². The van der Waals surface area contributed by atoms with E-state index >= 15 is 0 Å². The van der Waals surface area contributed by atoms with Gasteiger partial charge in [0, 0.05) is 23.3 Å². The molecule has 0 spiro atoms. The van der Waals surface area contributed by atoms with Gasteiger partial charge in [-0.05, 0) is 18.2 Å². The zero-order valence-corrected chi connectivity index (χ0v) is 13.3. The van der Waals surface area contributed by atoms with Crippen molar-refractivity contribution >= 4 is 16.7 Å². The third kappa shape index (κ3) is 2.85. The maximum atomic E-state index is 12.4. The second-order valence-electron chi connectivity index (χ2n) is 6.05. The third-order valence-electron chi connectivity index (χ3n) is 4.39. The summed E-state index contributed by atoms with van der Waals surface area (Å²) < 4.78 is 7.78. The quantitative estimate of drug-likeness (QED) is 0.806. The van der Waals surface area contributed by atoms with Crippen molar-refractivity contribution in [1.82, 2.24) is 14.9 Å². The lowest BCUT2D eigenvalue weighted by molar-refractivity contribution is -0.122. The van der Waals surface area contributed by atoms with Crippen LogP contribution in [0, 0.1) is 0 Å². The van der Waals surface area contributed by atoms with Gasteiger partial charge >= 0.3 is 0 Å². The van der Waals surface area contributed by atoms with Crippen molar-refractivity contribution in [3.05, 3.63) is 60.7 Å². The van der Waals surface area contributed by atoms with Gasteiger partial charge in [0.25, 0.3) is 0 Å². The predicted molar refractivity (Wildman–Crippen MR) is 91.8 cm³/mol. The molecule has 0 fully saturated rings. The molecule has 122 valence electrons. The molecule has 1 aromatic heterocycles. The summed E-state index contributed by atoms with van der Waals surface area (Å²) >= 11 is 0. The van der Waals surface area contributed by atoms with E-state index in [-0.39, 0.29) is 18.5 Å². The maximum Gasteiger partial charge on any atom is 0.240 e. The van der Waals surface area contributed by atoms with Crippen LogP contribution in [-0.2, 0) is 11.3 Å². The molecule has 24 heavy (non-hydrogen) atoms. The van der Waals surface area contributed by atoms with Gasteiger partial charge in [0.15, 0.2) is 0 Å². The summed E-state index contributed by atoms with van der Waals surface area (Å²) in [4.78, 5) is 16.3. The van der Waals surface area contributed by atoms with E-state index in [4.69, 9.17) is 4.74 Å². The largest absolute Gasteiger partial charge is 0.493 e. The van der Waals surface area contributed by atoms with Crippen molar-refractivity contribution in [3.63, 3.8) is 0 Å². The molecule has 5 heteroatoms. The molecule has 1 aliphatic rings. The van der Waals surface area contributed by atoms with E-state index in [9.17, 15) is 4.79 Å². The van der Waals surface area contributed by atoms with E-state index < -0.39 is 0 Å². The number of hydrogen-bond donors (Lipinski definition) is 1. The van der Waals surface area contributed by atoms with Crippen LogP contribution in [0.25, 0.3) is 10.8 Å². The lowest BCUT2D eigenvalue weighted by Gasteiger charge is -2.19. The number of carbonyl (C=O) groups excluding carboxylic acids is 1. The number of rotatable bonds is 3. The lowest BCUT2D eigenvalue weighted by atomic mass is 9.98. The summed E-state index contributed by atoms with van der Waals surface area (Å²) in [6.07, 6.45) is 6.91. The van der Waals surface area contributed by atoms with Gasteiger partial charge in [0.05, 0.1) is 19.0 Å². The van der Waals surface area contributed by atoms with Crippen LogP contribution in [-0.4, -0.2) is 22.1 Å². The smallest absolute Gasteiger partial charge is 0.240 e. The molecule has 0 radical (unpaired) electrons. The van der Waals surface area contributed by atoms with E-state index in [1.165, 1.54) is 0 Å². The maximum absolute atomic E-state index is 12.4. The van der Waals surface area contributed by atoms with Crippen molar-refractivity contribution in [3.8, 4) is 5.75 Å². The van der Waals surface area contributed by atoms with E-state index in [1.807, 2.05) is 12.1 Å². The van der Waals surface area contributed by atoms with Crippen LogP contribution in [0.3, 0.4) is 0 Å². The minimum atomic E-state index is -0.0249. The molecule has 1 amide bonds. The second kappa shape index (κ2) is 6.35. The highest BCUT2D eigenvalue weighted by Crippen LogP contribution is 2.37. The Morgan fingerprint density at radius 2 is 2.21 bits per heavy atom. The normalized spacial score (nSPS) is 16.9. The second-order valence-corrected chi connectivity index (χ2v) is 6.05. The highest BCUT2D eigenvalue weighted by molar-refractivity contribution is 5.90. The molecule has 1 atom stereocenters. The van der Waals surface area contributed by atoms with E-state index in [0.717, 1.165) is 34.9 Å². The third-order valence-corrected chi connectivity index (χ3v) is 4.39. The molecule has 3 aromatic rings. The fourth-order valence-electron chi connectivity index (χ4n) is 3.25.